The summed E-state index contributed by atoms with van der Waals surface area (Å²) in [6.07, 6.45) is -2.20. The standard InChI is InChI=1S/C25H29F3N2O3/c1-17(19-8-6-18(7-9-19)16-29-15-14-23(31)32)30-33-24(25(26,27)28)22-12-10-21(11-13-22)20-4-2-3-5-20/h6-13,20,24,29H,2-5,14-16H2,1H3,(H,31,32). The van der Waals surface area contributed by atoms with Crippen molar-refractivity contribution in [2.45, 2.75) is 63.8 Å². The first-order valence-electron chi connectivity index (χ1n) is 11.1. The minimum atomic E-state index is -4.59. The molecule has 1 saturated carbocycles. The average Bonchev–Trinajstić information content (AvgIpc) is 3.31. The van der Waals surface area contributed by atoms with Gasteiger partial charge < -0.3 is 15.3 Å². The van der Waals surface area contributed by atoms with Gasteiger partial charge in [0.1, 0.15) is 0 Å². The molecule has 1 unspecified atom stereocenters. The van der Waals surface area contributed by atoms with Crippen LogP contribution in [0.25, 0.3) is 0 Å². The van der Waals surface area contributed by atoms with Gasteiger partial charge in [0, 0.05) is 18.7 Å². The van der Waals surface area contributed by atoms with E-state index in [1.54, 1.807) is 31.2 Å². The highest BCUT2D eigenvalue weighted by Crippen LogP contribution is 2.38. The first-order chi connectivity index (χ1) is 15.7. The van der Waals surface area contributed by atoms with Gasteiger partial charge in [0.2, 0.25) is 6.10 Å². The molecule has 2 N–H and O–H groups in total. The number of halogens is 3. The number of hydrogen-bond donors (Lipinski definition) is 2. The number of oxime groups is 1. The van der Waals surface area contributed by atoms with Crippen LogP contribution in [0.1, 0.15) is 73.3 Å². The highest BCUT2D eigenvalue weighted by molar-refractivity contribution is 5.98. The van der Waals surface area contributed by atoms with E-state index in [9.17, 15) is 18.0 Å². The number of carbonyl (C=O) groups is 1. The molecule has 178 valence electrons. The largest absolute Gasteiger partial charge is 0.481 e. The molecule has 2 aromatic rings. The van der Waals surface area contributed by atoms with Crippen LogP contribution in [0.15, 0.2) is 53.7 Å². The number of alkyl halides is 3. The van der Waals surface area contributed by atoms with E-state index in [1.165, 1.54) is 12.1 Å². The molecule has 1 fully saturated rings. The molecule has 3 rings (SSSR count). The summed E-state index contributed by atoms with van der Waals surface area (Å²) in [5, 5.41) is 15.4. The van der Waals surface area contributed by atoms with Crippen molar-refractivity contribution < 1.29 is 27.9 Å². The van der Waals surface area contributed by atoms with Gasteiger partial charge in [-0.15, -0.1) is 0 Å². The summed E-state index contributed by atoms with van der Waals surface area (Å²) in [5.74, 6) is -0.438. The molecule has 33 heavy (non-hydrogen) atoms. The first kappa shape index (κ1) is 24.8. The predicted octanol–water partition coefficient (Wildman–Crippen LogP) is 5.95. The Kier molecular flexibility index (Phi) is 8.49. The van der Waals surface area contributed by atoms with Crippen molar-refractivity contribution in [1.82, 2.24) is 5.32 Å². The topological polar surface area (TPSA) is 70.9 Å². The zero-order valence-electron chi connectivity index (χ0n) is 18.6. The van der Waals surface area contributed by atoms with Crippen molar-refractivity contribution >= 4 is 11.7 Å². The third-order valence-electron chi connectivity index (χ3n) is 5.87. The van der Waals surface area contributed by atoms with Crippen LogP contribution in [0.4, 0.5) is 13.2 Å². The van der Waals surface area contributed by atoms with Crippen LogP contribution < -0.4 is 5.32 Å². The molecule has 1 aliphatic carbocycles. The number of carboxylic acid groups (broad SMARTS) is 1. The monoisotopic (exact) mass is 462 g/mol. The Morgan fingerprint density at radius 1 is 1.12 bits per heavy atom. The number of aliphatic carboxylic acids is 1. The van der Waals surface area contributed by atoms with Gasteiger partial charge >= 0.3 is 12.1 Å². The molecule has 5 nitrogen and oxygen atoms in total. The summed E-state index contributed by atoms with van der Waals surface area (Å²) in [6, 6.07) is 13.6. The minimum Gasteiger partial charge on any atom is -0.481 e. The molecule has 0 bridgehead atoms. The van der Waals surface area contributed by atoms with E-state index in [-0.39, 0.29) is 12.0 Å². The van der Waals surface area contributed by atoms with E-state index in [1.807, 2.05) is 12.1 Å². The number of nitrogens with one attached hydrogen (secondary N) is 1. The van der Waals surface area contributed by atoms with E-state index in [2.05, 4.69) is 10.5 Å². The van der Waals surface area contributed by atoms with Gasteiger partial charge in [-0.05, 0) is 42.4 Å². The van der Waals surface area contributed by atoms with Crippen molar-refractivity contribution in [1.29, 1.82) is 0 Å². The molecule has 0 radical (unpaired) electrons. The molecule has 0 aromatic heterocycles. The summed E-state index contributed by atoms with van der Waals surface area (Å²) in [7, 11) is 0. The van der Waals surface area contributed by atoms with E-state index in [0.717, 1.165) is 36.8 Å². The minimum absolute atomic E-state index is 0.0311. The summed E-state index contributed by atoms with van der Waals surface area (Å²) < 4.78 is 41.0. The summed E-state index contributed by atoms with van der Waals surface area (Å²) in [5.41, 5.74) is 3.00. The Morgan fingerprint density at radius 3 is 2.33 bits per heavy atom. The van der Waals surface area contributed by atoms with Crippen LogP contribution in [0, 0.1) is 0 Å². The highest BCUT2D eigenvalue weighted by Gasteiger charge is 2.43. The number of carboxylic acids is 1. The number of rotatable bonds is 10. The Balaban J connectivity index is 1.63. The van der Waals surface area contributed by atoms with Gasteiger partial charge in [0.25, 0.3) is 0 Å². The fourth-order valence-corrected chi connectivity index (χ4v) is 3.99. The quantitative estimate of drug-likeness (QED) is 0.260. The van der Waals surface area contributed by atoms with Gasteiger partial charge in [0.15, 0.2) is 0 Å². The van der Waals surface area contributed by atoms with E-state index >= 15 is 0 Å². The third kappa shape index (κ3) is 7.32. The summed E-state index contributed by atoms with van der Waals surface area (Å²) >= 11 is 0. The average molecular weight is 463 g/mol. The number of hydrogen-bond acceptors (Lipinski definition) is 4. The molecule has 8 heteroatoms. The molecular formula is C25H29F3N2O3. The van der Waals surface area contributed by atoms with E-state index in [0.29, 0.717) is 30.3 Å². The zero-order valence-corrected chi connectivity index (χ0v) is 18.6. The Morgan fingerprint density at radius 2 is 1.76 bits per heavy atom. The van der Waals surface area contributed by atoms with Crippen molar-refractivity contribution in [3.63, 3.8) is 0 Å². The predicted molar refractivity (Wildman–Crippen MR) is 120 cm³/mol. The molecule has 2 aromatic carbocycles. The van der Waals surface area contributed by atoms with Crippen molar-refractivity contribution in [2.75, 3.05) is 6.54 Å². The van der Waals surface area contributed by atoms with Gasteiger partial charge in [-0.3, -0.25) is 4.79 Å². The molecule has 1 atom stereocenters. The fourth-order valence-electron chi connectivity index (χ4n) is 3.99. The van der Waals surface area contributed by atoms with Gasteiger partial charge in [-0.25, -0.2) is 0 Å². The Hall–Kier alpha value is -2.87. The fraction of sp³-hybridized carbons (Fsp3) is 0.440. The Bertz CT molecular complexity index is 935. The second-order valence-corrected chi connectivity index (χ2v) is 8.37. The van der Waals surface area contributed by atoms with Crippen LogP contribution in [0.2, 0.25) is 0 Å². The maximum absolute atomic E-state index is 13.7. The van der Waals surface area contributed by atoms with Gasteiger partial charge in [-0.1, -0.05) is 66.5 Å². The lowest BCUT2D eigenvalue weighted by atomic mass is 9.95. The first-order valence-corrected chi connectivity index (χ1v) is 11.1. The molecule has 0 spiro atoms. The lowest BCUT2D eigenvalue weighted by Crippen LogP contribution is -2.22. The van der Waals surface area contributed by atoms with Crippen LogP contribution in [0.5, 0.6) is 0 Å². The second kappa shape index (κ2) is 11.3. The smallest absolute Gasteiger partial charge is 0.432 e. The maximum Gasteiger partial charge on any atom is 0.432 e. The van der Waals surface area contributed by atoms with Gasteiger partial charge in [-0.2, -0.15) is 13.2 Å². The van der Waals surface area contributed by atoms with Crippen molar-refractivity contribution in [3.8, 4) is 0 Å². The van der Waals surface area contributed by atoms with Crippen molar-refractivity contribution in [3.05, 3.63) is 70.8 Å². The van der Waals surface area contributed by atoms with E-state index in [4.69, 9.17) is 9.94 Å². The molecule has 0 saturated heterocycles. The molecular weight excluding hydrogens is 433 g/mol. The normalized spacial score (nSPS) is 16.1. The highest BCUT2D eigenvalue weighted by atomic mass is 19.4. The van der Waals surface area contributed by atoms with E-state index < -0.39 is 18.2 Å². The lowest BCUT2D eigenvalue weighted by molar-refractivity contribution is -0.224. The van der Waals surface area contributed by atoms with Crippen molar-refractivity contribution in [2.24, 2.45) is 5.16 Å². The van der Waals surface area contributed by atoms with Crippen LogP contribution >= 0.6 is 0 Å². The number of benzene rings is 2. The van der Waals surface area contributed by atoms with Crippen LogP contribution in [-0.4, -0.2) is 29.5 Å². The SMILES string of the molecule is CC(=NOC(c1ccc(C2CCCC2)cc1)C(F)(F)F)c1ccc(CNCCC(=O)O)cc1. The van der Waals surface area contributed by atoms with Crippen LogP contribution in [0.3, 0.4) is 0 Å². The second-order valence-electron chi connectivity index (χ2n) is 8.37. The lowest BCUT2D eigenvalue weighted by Gasteiger charge is -2.20. The molecule has 0 amide bonds. The molecule has 1 aliphatic rings. The molecule has 0 aliphatic heterocycles. The Labute approximate surface area is 191 Å². The summed E-state index contributed by atoms with van der Waals surface area (Å²) in [6.45, 7) is 2.44. The zero-order chi connectivity index (χ0) is 23.8. The summed E-state index contributed by atoms with van der Waals surface area (Å²) in [4.78, 5) is 15.5. The number of nitrogens with zero attached hydrogens (tertiary/aromatic N) is 1. The van der Waals surface area contributed by atoms with Crippen LogP contribution in [-0.2, 0) is 16.2 Å². The van der Waals surface area contributed by atoms with Gasteiger partial charge in [0.05, 0.1) is 12.1 Å². The third-order valence-corrected chi connectivity index (χ3v) is 5.87. The molecule has 0 heterocycles. The maximum atomic E-state index is 13.7.